The topological polar surface area (TPSA) is 0 Å². The van der Waals surface area contributed by atoms with Gasteiger partial charge in [-0.3, -0.25) is 6.08 Å². The molecule has 274 valence electrons. The summed E-state index contributed by atoms with van der Waals surface area (Å²) in [6, 6.07) is 33.5. The van der Waals surface area contributed by atoms with Crippen LogP contribution in [0.1, 0.15) is 103 Å². The van der Waals surface area contributed by atoms with Crippen molar-refractivity contribution in [2.45, 2.75) is 92.9 Å². The summed E-state index contributed by atoms with van der Waals surface area (Å²) >= 11 is 1.55. The van der Waals surface area contributed by atoms with Gasteiger partial charge in [0.1, 0.15) is 0 Å². The number of fused-ring (bicyclic) bond motifs is 5. The molecule has 0 amide bonds. The van der Waals surface area contributed by atoms with Gasteiger partial charge < -0.3 is 24.8 Å². The Morgan fingerprint density at radius 1 is 0.698 bits per heavy atom. The molecule has 0 N–H and O–H groups in total. The third kappa shape index (κ3) is 9.65. The van der Waals surface area contributed by atoms with Gasteiger partial charge in [0, 0.05) is 10.8 Å². The first-order valence-corrected chi connectivity index (χ1v) is 19.8. The Balaban J connectivity index is 0.000000194. The third-order valence-corrected chi connectivity index (χ3v) is 11.6. The van der Waals surface area contributed by atoms with Crippen LogP contribution < -0.4 is 24.8 Å². The molecule has 0 radical (unpaired) electrons. The van der Waals surface area contributed by atoms with Gasteiger partial charge in [0.15, 0.2) is 0 Å². The third-order valence-electron chi connectivity index (χ3n) is 10.7. The summed E-state index contributed by atoms with van der Waals surface area (Å²) in [6.45, 7) is 22.6. The van der Waals surface area contributed by atoms with E-state index in [0.717, 1.165) is 12.8 Å². The van der Waals surface area contributed by atoms with Crippen molar-refractivity contribution in [3.8, 4) is 0 Å². The van der Waals surface area contributed by atoms with Gasteiger partial charge in [-0.05, 0) is 36.1 Å². The molecule has 3 aliphatic rings. The Morgan fingerprint density at radius 3 is 1.45 bits per heavy atom. The Kier molecular flexibility index (Phi) is 13.6. The van der Waals surface area contributed by atoms with Crippen molar-refractivity contribution in [3.63, 3.8) is 0 Å². The molecular formula is C50H54Cl2Zr-2. The van der Waals surface area contributed by atoms with Gasteiger partial charge in [0.25, 0.3) is 0 Å². The molecule has 0 aliphatic heterocycles. The maximum atomic E-state index is 3.26. The zero-order valence-electron chi connectivity index (χ0n) is 33.2. The van der Waals surface area contributed by atoms with Gasteiger partial charge in [-0.25, -0.2) is 6.08 Å². The van der Waals surface area contributed by atoms with E-state index in [0.29, 0.717) is 11.3 Å². The van der Waals surface area contributed by atoms with Crippen molar-refractivity contribution in [3.05, 3.63) is 160 Å². The fraction of sp³-hybridized carbons (Fsp3) is 0.320. The number of hydrogen-bond acceptors (Lipinski definition) is 0. The van der Waals surface area contributed by atoms with Gasteiger partial charge in [-0.15, -0.1) is 39.7 Å². The molecule has 0 saturated carbocycles. The minimum atomic E-state index is 0. The van der Waals surface area contributed by atoms with E-state index >= 15 is 0 Å². The van der Waals surface area contributed by atoms with Crippen molar-refractivity contribution in [2.75, 3.05) is 0 Å². The van der Waals surface area contributed by atoms with E-state index in [-0.39, 0.29) is 35.6 Å². The second-order valence-corrected chi connectivity index (χ2v) is 18.9. The van der Waals surface area contributed by atoms with Gasteiger partial charge >= 0.3 is 112 Å². The van der Waals surface area contributed by atoms with Crippen LogP contribution in [0.25, 0.3) is 32.7 Å². The van der Waals surface area contributed by atoms with E-state index in [1.54, 1.807) is 27.4 Å². The first-order valence-electron chi connectivity index (χ1n) is 18.6. The quantitative estimate of drug-likeness (QED) is 0.168. The molecule has 0 heterocycles. The molecule has 3 heteroatoms. The minimum absolute atomic E-state index is 0. The second kappa shape index (κ2) is 16.8. The van der Waals surface area contributed by atoms with Crippen LogP contribution in [0.2, 0.25) is 0 Å². The zero-order chi connectivity index (χ0) is 36.7. The van der Waals surface area contributed by atoms with E-state index in [1.807, 2.05) is 0 Å². The first kappa shape index (κ1) is 42.8. The molecule has 1 atom stereocenters. The molecule has 5 aromatic carbocycles. The number of benzene rings is 4. The van der Waals surface area contributed by atoms with Gasteiger partial charge in [-0.1, -0.05) is 102 Å². The van der Waals surface area contributed by atoms with Crippen LogP contribution in [0.3, 0.4) is 0 Å². The second-order valence-electron chi connectivity index (χ2n) is 17.1. The Morgan fingerprint density at radius 2 is 1.11 bits per heavy atom. The number of hydrogen-bond donors (Lipinski definition) is 0. The summed E-state index contributed by atoms with van der Waals surface area (Å²) in [4.78, 5) is 0. The summed E-state index contributed by atoms with van der Waals surface area (Å²) in [5.74, 6) is 0.522. The van der Waals surface area contributed by atoms with Crippen LogP contribution in [0.5, 0.6) is 0 Å². The summed E-state index contributed by atoms with van der Waals surface area (Å²) in [6.07, 6.45) is 14.7. The predicted molar refractivity (Wildman–Crippen MR) is 220 cm³/mol. The first-order chi connectivity index (χ1) is 24.0. The molecule has 3 aliphatic carbocycles. The van der Waals surface area contributed by atoms with Gasteiger partial charge in [-0.2, -0.15) is 11.6 Å². The van der Waals surface area contributed by atoms with Gasteiger partial charge in [0.2, 0.25) is 0 Å². The molecule has 0 saturated heterocycles. The average molecular weight is 817 g/mol. The van der Waals surface area contributed by atoms with Crippen LogP contribution in [0.4, 0.5) is 0 Å². The van der Waals surface area contributed by atoms with Crippen molar-refractivity contribution < 1.29 is 49.0 Å². The van der Waals surface area contributed by atoms with Crippen LogP contribution in [0, 0.1) is 17.4 Å². The van der Waals surface area contributed by atoms with Crippen molar-refractivity contribution in [1.29, 1.82) is 0 Å². The molecule has 5 aromatic rings. The maximum absolute atomic E-state index is 3.26. The molecule has 1 unspecified atom stereocenters. The van der Waals surface area contributed by atoms with E-state index in [2.05, 4.69) is 191 Å². The Bertz CT molecular complexity index is 2080. The van der Waals surface area contributed by atoms with Crippen molar-refractivity contribution in [1.82, 2.24) is 0 Å². The molecule has 0 spiro atoms. The Labute approximate surface area is 347 Å². The SMILES string of the molecule is CC1=CC(C)(C)c2cc3[cH-]c4cc5c(cc4c3cc21)C(C)=CC5(C)C.CC1[C-]=CC(C(C)(C)C)=C1.[Cl-].[Cl-].[Zr+2]=[C](Cc1ccccc1)Cc1ccccc1. The molecular weight excluding hydrogens is 763 g/mol. The summed E-state index contributed by atoms with van der Waals surface area (Å²) in [7, 11) is 0. The molecule has 8 rings (SSSR count). The normalized spacial score (nSPS) is 17.2. The van der Waals surface area contributed by atoms with E-state index < -0.39 is 0 Å². The van der Waals surface area contributed by atoms with E-state index in [9.17, 15) is 0 Å². The number of halogens is 2. The van der Waals surface area contributed by atoms with E-state index in [1.165, 1.54) is 71.6 Å². The van der Waals surface area contributed by atoms with Crippen molar-refractivity contribution >= 4 is 35.9 Å². The van der Waals surface area contributed by atoms with Crippen LogP contribution in [0.15, 0.2) is 121 Å². The monoisotopic (exact) mass is 814 g/mol. The molecule has 0 fully saturated rings. The van der Waals surface area contributed by atoms with E-state index in [4.69, 9.17) is 0 Å². The molecule has 0 nitrogen and oxygen atoms in total. The van der Waals surface area contributed by atoms with Gasteiger partial charge in [0.05, 0.1) is 0 Å². The molecule has 0 bridgehead atoms. The van der Waals surface area contributed by atoms with Crippen LogP contribution in [-0.4, -0.2) is 3.21 Å². The fourth-order valence-electron chi connectivity index (χ4n) is 8.02. The molecule has 0 aromatic heterocycles. The Hall–Kier alpha value is -2.96. The van der Waals surface area contributed by atoms with Crippen LogP contribution >= 0.6 is 0 Å². The predicted octanol–water partition coefficient (Wildman–Crippen LogP) is 7.27. The fourth-order valence-corrected chi connectivity index (χ4v) is 9.02. The summed E-state index contributed by atoms with van der Waals surface area (Å²) < 4.78 is 1.60. The van der Waals surface area contributed by atoms with Crippen LogP contribution in [-0.2, 0) is 47.9 Å². The average Bonchev–Trinajstić information content (AvgIpc) is 3.78. The summed E-state index contributed by atoms with van der Waals surface area (Å²) in [5, 5.41) is 5.57. The summed E-state index contributed by atoms with van der Waals surface area (Å²) in [5.41, 5.74) is 13.5. The number of allylic oxidation sites excluding steroid dienone is 8. The van der Waals surface area contributed by atoms with Crippen molar-refractivity contribution in [2.24, 2.45) is 11.3 Å². The standard InChI is InChI=1S/C25H25.C15H14.C10H15.2ClH.Zr/c1-14-12-24(3,4)22-8-16-7-17-9-23-19(15(2)13-25(23,5)6)11-21(17)20(16)10-18(14)22;1-3-8-14(9-4-1)12-7-13-15-10-5-2-6-11-15;1-8-5-6-9(7-8)10(2,3)4;;;/h7-13H,1-6H3;1-6,8-11H,12-13H2;6-8H,1-4H3;2*1H;/q-1;;-1;;;+2/p-2. The molecule has 53 heavy (non-hydrogen) atoms. The zero-order valence-corrected chi connectivity index (χ0v) is 37.2. The number of rotatable bonds is 4.